The van der Waals surface area contributed by atoms with E-state index in [0.29, 0.717) is 13.1 Å². The summed E-state index contributed by atoms with van der Waals surface area (Å²) in [5, 5.41) is 0. The molecule has 0 saturated carbocycles. The van der Waals surface area contributed by atoms with E-state index < -0.39 is 0 Å². The van der Waals surface area contributed by atoms with Crippen LogP contribution in [0.1, 0.15) is 20.8 Å². The molecule has 1 saturated heterocycles. The summed E-state index contributed by atoms with van der Waals surface area (Å²) < 4.78 is 0. The first-order chi connectivity index (χ1) is 6.86. The molecular weight excluding hydrogens is 190 g/mol. The fraction of sp³-hybridized carbons (Fsp3) is 0.909. The molecule has 1 amide bonds. The van der Waals surface area contributed by atoms with Crippen LogP contribution in [0.15, 0.2) is 0 Å². The molecule has 1 aliphatic rings. The SMILES string of the molecule is CN1CCN(C(CN)C(C)(C)C)CC1=O. The molecule has 0 aliphatic carbocycles. The van der Waals surface area contributed by atoms with Crippen LogP contribution in [0, 0.1) is 5.41 Å². The monoisotopic (exact) mass is 213 g/mol. The number of amides is 1. The Balaban J connectivity index is 2.67. The summed E-state index contributed by atoms with van der Waals surface area (Å²) in [5.41, 5.74) is 5.93. The lowest BCUT2D eigenvalue weighted by atomic mass is 9.85. The van der Waals surface area contributed by atoms with Gasteiger partial charge in [0.1, 0.15) is 0 Å². The summed E-state index contributed by atoms with van der Waals surface area (Å²) in [7, 11) is 1.86. The van der Waals surface area contributed by atoms with Gasteiger partial charge >= 0.3 is 0 Å². The molecule has 4 heteroatoms. The van der Waals surface area contributed by atoms with Crippen molar-refractivity contribution < 1.29 is 4.79 Å². The Bertz CT molecular complexity index is 234. The number of nitrogens with zero attached hydrogens (tertiary/aromatic N) is 2. The highest BCUT2D eigenvalue weighted by atomic mass is 16.2. The van der Waals surface area contributed by atoms with Gasteiger partial charge in [0, 0.05) is 32.7 Å². The summed E-state index contributed by atoms with van der Waals surface area (Å²) in [4.78, 5) is 15.6. The van der Waals surface area contributed by atoms with Crippen molar-refractivity contribution in [2.24, 2.45) is 11.1 Å². The Kier molecular flexibility index (Phi) is 3.73. The molecule has 0 bridgehead atoms. The molecule has 88 valence electrons. The zero-order valence-corrected chi connectivity index (χ0v) is 10.3. The standard InChI is InChI=1S/C11H23N3O/c1-11(2,3)9(7-12)14-6-5-13(4)10(15)8-14/h9H,5-8,12H2,1-4H3. The first kappa shape index (κ1) is 12.5. The summed E-state index contributed by atoms with van der Waals surface area (Å²) in [6.45, 7) is 9.39. The van der Waals surface area contributed by atoms with Gasteiger partial charge in [0.2, 0.25) is 5.91 Å². The first-order valence-electron chi connectivity index (χ1n) is 5.54. The van der Waals surface area contributed by atoms with E-state index in [1.807, 2.05) is 7.05 Å². The molecule has 0 aromatic rings. The zero-order valence-electron chi connectivity index (χ0n) is 10.3. The van der Waals surface area contributed by atoms with Gasteiger partial charge in [0.15, 0.2) is 0 Å². The Morgan fingerprint density at radius 3 is 2.40 bits per heavy atom. The van der Waals surface area contributed by atoms with Crippen LogP contribution in [0.4, 0.5) is 0 Å². The minimum Gasteiger partial charge on any atom is -0.343 e. The van der Waals surface area contributed by atoms with E-state index in [1.165, 1.54) is 0 Å². The first-order valence-corrected chi connectivity index (χ1v) is 5.54. The third-order valence-electron chi connectivity index (χ3n) is 3.15. The predicted octanol–water partition coefficient (Wildman–Crippen LogP) is 0.134. The Labute approximate surface area is 92.4 Å². The van der Waals surface area contributed by atoms with Gasteiger partial charge in [-0.25, -0.2) is 0 Å². The molecule has 0 aromatic carbocycles. The average Bonchev–Trinajstić information content (AvgIpc) is 2.10. The molecule has 15 heavy (non-hydrogen) atoms. The molecule has 1 rings (SSSR count). The van der Waals surface area contributed by atoms with Crippen LogP contribution in [0.3, 0.4) is 0 Å². The number of rotatable bonds is 2. The number of hydrogen-bond donors (Lipinski definition) is 1. The fourth-order valence-electron chi connectivity index (χ4n) is 2.09. The lowest BCUT2D eigenvalue weighted by molar-refractivity contribution is -0.136. The van der Waals surface area contributed by atoms with Crippen LogP contribution in [0.25, 0.3) is 0 Å². The second-order valence-electron chi connectivity index (χ2n) is 5.40. The minimum absolute atomic E-state index is 0.130. The van der Waals surface area contributed by atoms with E-state index in [9.17, 15) is 4.79 Å². The number of likely N-dealkylation sites (N-methyl/N-ethyl adjacent to an activating group) is 1. The van der Waals surface area contributed by atoms with Crippen molar-refractivity contribution in [3.8, 4) is 0 Å². The molecular formula is C11H23N3O. The van der Waals surface area contributed by atoms with Crippen molar-refractivity contribution in [3.63, 3.8) is 0 Å². The van der Waals surface area contributed by atoms with Crippen molar-refractivity contribution in [3.05, 3.63) is 0 Å². The maximum Gasteiger partial charge on any atom is 0.236 e. The van der Waals surface area contributed by atoms with Crippen molar-refractivity contribution in [1.82, 2.24) is 9.80 Å². The molecule has 1 heterocycles. The third kappa shape index (κ3) is 2.92. The van der Waals surface area contributed by atoms with Crippen LogP contribution >= 0.6 is 0 Å². The van der Waals surface area contributed by atoms with Crippen molar-refractivity contribution >= 4 is 5.91 Å². The van der Waals surface area contributed by atoms with E-state index >= 15 is 0 Å². The zero-order chi connectivity index (χ0) is 11.6. The molecule has 1 fully saturated rings. The Hall–Kier alpha value is -0.610. The van der Waals surface area contributed by atoms with Crippen molar-refractivity contribution in [2.75, 3.05) is 33.2 Å². The second-order valence-corrected chi connectivity index (χ2v) is 5.40. The maximum absolute atomic E-state index is 11.6. The summed E-state index contributed by atoms with van der Waals surface area (Å²) in [6, 6.07) is 0.287. The highest BCUT2D eigenvalue weighted by Crippen LogP contribution is 2.24. The molecule has 0 spiro atoms. The van der Waals surface area contributed by atoms with Crippen LogP contribution in [0.5, 0.6) is 0 Å². The molecule has 0 aromatic heterocycles. The van der Waals surface area contributed by atoms with Crippen molar-refractivity contribution in [2.45, 2.75) is 26.8 Å². The van der Waals surface area contributed by atoms with Gasteiger partial charge in [-0.3, -0.25) is 9.69 Å². The van der Waals surface area contributed by atoms with Gasteiger partial charge in [0.05, 0.1) is 6.54 Å². The second kappa shape index (κ2) is 4.49. The average molecular weight is 213 g/mol. The fourth-order valence-corrected chi connectivity index (χ4v) is 2.09. The van der Waals surface area contributed by atoms with Gasteiger partial charge in [0.25, 0.3) is 0 Å². The van der Waals surface area contributed by atoms with E-state index in [0.717, 1.165) is 13.1 Å². The smallest absolute Gasteiger partial charge is 0.236 e. The lowest BCUT2D eigenvalue weighted by Crippen LogP contribution is -2.57. The summed E-state index contributed by atoms with van der Waals surface area (Å²) in [5.74, 6) is 0.198. The molecule has 1 aliphatic heterocycles. The number of hydrogen-bond acceptors (Lipinski definition) is 3. The lowest BCUT2D eigenvalue weighted by Gasteiger charge is -2.42. The highest BCUT2D eigenvalue weighted by molar-refractivity contribution is 5.78. The van der Waals surface area contributed by atoms with Crippen LogP contribution in [-0.4, -0.2) is 55.0 Å². The normalized spacial score (nSPS) is 21.9. The topological polar surface area (TPSA) is 49.6 Å². The maximum atomic E-state index is 11.6. The molecule has 2 N–H and O–H groups in total. The number of piperazine rings is 1. The van der Waals surface area contributed by atoms with Crippen LogP contribution in [0.2, 0.25) is 0 Å². The molecule has 0 radical (unpaired) electrons. The predicted molar refractivity (Wildman–Crippen MR) is 61.5 cm³/mol. The molecule has 1 unspecified atom stereocenters. The van der Waals surface area contributed by atoms with E-state index in [-0.39, 0.29) is 17.4 Å². The quantitative estimate of drug-likeness (QED) is 0.709. The van der Waals surface area contributed by atoms with Gasteiger partial charge in [-0.1, -0.05) is 20.8 Å². The number of carbonyl (C=O) groups is 1. The molecule has 1 atom stereocenters. The van der Waals surface area contributed by atoms with E-state index in [2.05, 4.69) is 25.7 Å². The van der Waals surface area contributed by atoms with Crippen LogP contribution < -0.4 is 5.73 Å². The van der Waals surface area contributed by atoms with Crippen molar-refractivity contribution in [1.29, 1.82) is 0 Å². The Morgan fingerprint density at radius 2 is 2.00 bits per heavy atom. The van der Waals surface area contributed by atoms with Gasteiger partial charge in [-0.2, -0.15) is 0 Å². The minimum atomic E-state index is 0.130. The van der Waals surface area contributed by atoms with Gasteiger partial charge < -0.3 is 10.6 Å². The van der Waals surface area contributed by atoms with E-state index in [1.54, 1.807) is 4.90 Å². The third-order valence-corrected chi connectivity index (χ3v) is 3.15. The summed E-state index contributed by atoms with van der Waals surface area (Å²) >= 11 is 0. The summed E-state index contributed by atoms with van der Waals surface area (Å²) in [6.07, 6.45) is 0. The molecule has 4 nitrogen and oxygen atoms in total. The number of carbonyl (C=O) groups excluding carboxylic acids is 1. The van der Waals surface area contributed by atoms with Crippen LogP contribution in [-0.2, 0) is 4.79 Å². The van der Waals surface area contributed by atoms with Gasteiger partial charge in [-0.15, -0.1) is 0 Å². The van der Waals surface area contributed by atoms with E-state index in [4.69, 9.17) is 5.73 Å². The Morgan fingerprint density at radius 1 is 1.40 bits per heavy atom. The number of nitrogens with two attached hydrogens (primary N) is 1. The largest absolute Gasteiger partial charge is 0.343 e. The van der Waals surface area contributed by atoms with Gasteiger partial charge in [-0.05, 0) is 5.41 Å². The highest BCUT2D eigenvalue weighted by Gasteiger charge is 2.33.